The summed E-state index contributed by atoms with van der Waals surface area (Å²) in [5.41, 5.74) is -0.510. The third kappa shape index (κ3) is 3.13. The summed E-state index contributed by atoms with van der Waals surface area (Å²) in [4.78, 5) is 9.78. The summed E-state index contributed by atoms with van der Waals surface area (Å²) in [5.74, 6) is 0.168. The maximum Gasteiger partial charge on any atom is 0.289 e. The third-order valence-corrected chi connectivity index (χ3v) is 5.18. The van der Waals surface area contributed by atoms with Gasteiger partial charge in [-0.2, -0.15) is 0 Å². The van der Waals surface area contributed by atoms with Crippen molar-refractivity contribution >= 4 is 38.7 Å². The molecule has 0 bridgehead atoms. The van der Waals surface area contributed by atoms with Crippen molar-refractivity contribution in [3.63, 3.8) is 0 Å². The first-order chi connectivity index (χ1) is 8.30. The summed E-state index contributed by atoms with van der Waals surface area (Å²) in [7, 11) is -3.78. The molecule has 0 radical (unpaired) electrons. The minimum Gasteiger partial charge on any atom is -0.258 e. The molecule has 0 aliphatic rings. The van der Waals surface area contributed by atoms with Crippen molar-refractivity contribution in [2.75, 3.05) is 5.88 Å². The third-order valence-electron chi connectivity index (χ3n) is 2.47. The van der Waals surface area contributed by atoms with Gasteiger partial charge in [-0.3, -0.25) is 10.1 Å². The smallest absolute Gasteiger partial charge is 0.258 e. The fraction of sp³-hybridized carbons (Fsp3) is 0.400. The molecule has 0 saturated heterocycles. The van der Waals surface area contributed by atoms with E-state index in [9.17, 15) is 18.5 Å². The van der Waals surface area contributed by atoms with Gasteiger partial charge in [-0.25, -0.2) is 8.42 Å². The van der Waals surface area contributed by atoms with Gasteiger partial charge < -0.3 is 0 Å². The molecule has 0 N–H and O–H groups in total. The Morgan fingerprint density at radius 3 is 2.56 bits per heavy atom. The van der Waals surface area contributed by atoms with Crippen LogP contribution in [0.25, 0.3) is 0 Å². The summed E-state index contributed by atoms with van der Waals surface area (Å²) < 4.78 is 24.3. The Hall–Kier alpha value is -0.850. The van der Waals surface area contributed by atoms with Crippen LogP contribution >= 0.6 is 23.2 Å². The molecule has 0 heterocycles. The van der Waals surface area contributed by atoms with E-state index in [2.05, 4.69) is 0 Å². The Morgan fingerprint density at radius 1 is 1.44 bits per heavy atom. The Morgan fingerprint density at radius 2 is 2.06 bits per heavy atom. The highest BCUT2D eigenvalue weighted by atomic mass is 35.5. The van der Waals surface area contributed by atoms with Crippen molar-refractivity contribution in [3.8, 4) is 0 Å². The number of hydrogen-bond donors (Lipinski definition) is 0. The van der Waals surface area contributed by atoms with Crippen LogP contribution in [0.2, 0.25) is 5.02 Å². The molecule has 0 amide bonds. The van der Waals surface area contributed by atoms with Crippen LogP contribution in [0.4, 0.5) is 5.69 Å². The number of alkyl halides is 1. The Kier molecular flexibility index (Phi) is 4.95. The monoisotopic (exact) mass is 311 g/mol. The van der Waals surface area contributed by atoms with Gasteiger partial charge in [-0.15, -0.1) is 11.6 Å². The SMILES string of the molecule is CC(CCCl)S(=O)(=O)c1ccc(Cl)cc1[N+](=O)[O-]. The first kappa shape index (κ1) is 15.2. The summed E-state index contributed by atoms with van der Waals surface area (Å²) in [6.07, 6.45) is 0.226. The molecule has 0 aromatic heterocycles. The number of nitro benzene ring substituents is 1. The van der Waals surface area contributed by atoms with Gasteiger partial charge in [0, 0.05) is 17.0 Å². The van der Waals surface area contributed by atoms with E-state index in [1.807, 2.05) is 0 Å². The van der Waals surface area contributed by atoms with E-state index in [1.54, 1.807) is 0 Å². The van der Waals surface area contributed by atoms with Crippen molar-refractivity contribution in [1.82, 2.24) is 0 Å². The second-order valence-electron chi connectivity index (χ2n) is 3.70. The fourth-order valence-electron chi connectivity index (χ4n) is 1.40. The summed E-state index contributed by atoms with van der Waals surface area (Å²) in [6, 6.07) is 3.50. The van der Waals surface area contributed by atoms with Gasteiger partial charge in [0.15, 0.2) is 9.84 Å². The van der Waals surface area contributed by atoms with E-state index in [1.165, 1.54) is 13.0 Å². The summed E-state index contributed by atoms with van der Waals surface area (Å²) in [5, 5.41) is 10.2. The van der Waals surface area contributed by atoms with Crippen molar-refractivity contribution in [2.45, 2.75) is 23.5 Å². The average Bonchev–Trinajstić information content (AvgIpc) is 2.28. The quantitative estimate of drug-likeness (QED) is 0.475. The molecule has 0 spiro atoms. The van der Waals surface area contributed by atoms with Crippen molar-refractivity contribution in [2.24, 2.45) is 0 Å². The van der Waals surface area contributed by atoms with Gasteiger partial charge in [0.25, 0.3) is 5.69 Å². The largest absolute Gasteiger partial charge is 0.289 e. The number of hydrogen-bond acceptors (Lipinski definition) is 4. The highest BCUT2D eigenvalue weighted by Gasteiger charge is 2.30. The normalized spacial score (nSPS) is 13.3. The highest BCUT2D eigenvalue weighted by molar-refractivity contribution is 7.92. The van der Waals surface area contributed by atoms with Crippen LogP contribution in [0.5, 0.6) is 0 Å². The number of rotatable bonds is 5. The number of nitro groups is 1. The molecular weight excluding hydrogens is 301 g/mol. The lowest BCUT2D eigenvalue weighted by Gasteiger charge is -2.11. The molecule has 1 unspecified atom stereocenters. The summed E-state index contributed by atoms with van der Waals surface area (Å²) in [6.45, 7) is 1.47. The molecule has 1 aromatic rings. The standard InChI is InChI=1S/C10H11Cl2NO4S/c1-7(4-5-11)18(16,17)10-3-2-8(12)6-9(10)13(14)15/h2-3,6-7H,4-5H2,1H3. The molecule has 8 heteroatoms. The van der Waals surface area contributed by atoms with Gasteiger partial charge >= 0.3 is 0 Å². The van der Waals surface area contributed by atoms with Gasteiger partial charge in [-0.1, -0.05) is 11.6 Å². The second kappa shape index (κ2) is 5.86. The molecule has 1 aromatic carbocycles. The van der Waals surface area contributed by atoms with Crippen LogP contribution in [-0.4, -0.2) is 24.5 Å². The van der Waals surface area contributed by atoms with Crippen LogP contribution in [0.1, 0.15) is 13.3 Å². The Bertz CT molecular complexity index is 559. The van der Waals surface area contributed by atoms with Crippen LogP contribution in [0.3, 0.4) is 0 Å². The van der Waals surface area contributed by atoms with Crippen LogP contribution in [-0.2, 0) is 9.84 Å². The van der Waals surface area contributed by atoms with Crippen molar-refractivity contribution < 1.29 is 13.3 Å². The lowest BCUT2D eigenvalue weighted by atomic mass is 10.3. The van der Waals surface area contributed by atoms with E-state index in [0.29, 0.717) is 0 Å². The zero-order valence-corrected chi connectivity index (χ0v) is 11.8. The molecule has 1 rings (SSSR count). The number of nitrogens with zero attached hydrogens (tertiary/aromatic N) is 1. The zero-order chi connectivity index (χ0) is 13.9. The number of sulfone groups is 1. The van der Waals surface area contributed by atoms with E-state index < -0.39 is 25.7 Å². The lowest BCUT2D eigenvalue weighted by Crippen LogP contribution is -2.19. The Balaban J connectivity index is 3.37. The first-order valence-electron chi connectivity index (χ1n) is 5.04. The maximum atomic E-state index is 12.2. The van der Waals surface area contributed by atoms with Crippen LogP contribution < -0.4 is 0 Å². The predicted octanol–water partition coefficient (Wildman–Crippen LogP) is 3.04. The maximum absolute atomic E-state index is 12.2. The molecule has 100 valence electrons. The highest BCUT2D eigenvalue weighted by Crippen LogP contribution is 2.30. The van der Waals surface area contributed by atoms with Gasteiger partial charge in [0.1, 0.15) is 4.90 Å². The molecular formula is C10H11Cl2NO4S. The molecule has 0 aliphatic carbocycles. The topological polar surface area (TPSA) is 77.3 Å². The van der Waals surface area contributed by atoms with Gasteiger partial charge in [0.05, 0.1) is 10.2 Å². The minimum absolute atomic E-state index is 0.116. The van der Waals surface area contributed by atoms with Crippen LogP contribution in [0, 0.1) is 10.1 Å². The molecule has 1 atom stereocenters. The van der Waals surface area contributed by atoms with Crippen LogP contribution in [0.15, 0.2) is 23.1 Å². The van der Waals surface area contributed by atoms with E-state index in [0.717, 1.165) is 12.1 Å². The second-order valence-corrected chi connectivity index (χ2v) is 6.85. The lowest BCUT2D eigenvalue weighted by molar-refractivity contribution is -0.387. The molecule has 18 heavy (non-hydrogen) atoms. The van der Waals surface area contributed by atoms with E-state index >= 15 is 0 Å². The molecule has 5 nitrogen and oxygen atoms in total. The first-order valence-corrected chi connectivity index (χ1v) is 7.50. The number of benzene rings is 1. The van der Waals surface area contributed by atoms with Gasteiger partial charge in [0.2, 0.25) is 0 Å². The molecule has 0 aliphatic heterocycles. The van der Waals surface area contributed by atoms with E-state index in [4.69, 9.17) is 23.2 Å². The Labute approximate surface area is 115 Å². The molecule has 0 fully saturated rings. The van der Waals surface area contributed by atoms with Crippen molar-refractivity contribution in [1.29, 1.82) is 0 Å². The zero-order valence-electron chi connectivity index (χ0n) is 9.47. The van der Waals surface area contributed by atoms with Gasteiger partial charge in [-0.05, 0) is 25.5 Å². The fourth-order valence-corrected chi connectivity index (χ4v) is 3.57. The predicted molar refractivity (Wildman–Crippen MR) is 70.1 cm³/mol. The summed E-state index contributed by atoms with van der Waals surface area (Å²) >= 11 is 11.1. The van der Waals surface area contributed by atoms with E-state index in [-0.39, 0.29) is 22.2 Å². The number of halogens is 2. The minimum atomic E-state index is -3.78. The molecule has 0 saturated carbocycles. The van der Waals surface area contributed by atoms with Crippen molar-refractivity contribution in [3.05, 3.63) is 33.3 Å². The average molecular weight is 312 g/mol.